The van der Waals surface area contributed by atoms with E-state index in [1.165, 1.54) is 0 Å². The van der Waals surface area contributed by atoms with Crippen LogP contribution in [-0.2, 0) is 52.8 Å². The first-order valence-corrected chi connectivity index (χ1v) is 21.3. The van der Waals surface area contributed by atoms with E-state index < -0.39 is 158 Å². The molecule has 2 aliphatic rings. The summed E-state index contributed by atoms with van der Waals surface area (Å²) in [6.45, 7) is 6.52. The molecular formula is C40H59F5N6O14. The summed E-state index contributed by atoms with van der Waals surface area (Å²) in [4.78, 5) is 131. The summed E-state index contributed by atoms with van der Waals surface area (Å²) in [5.74, 6) is -20.6. The van der Waals surface area contributed by atoms with E-state index in [4.69, 9.17) is 5.11 Å². The predicted octanol–water partition coefficient (Wildman–Crippen LogP) is 2.02. The number of hydrogen-bond acceptors (Lipinski definition) is 12. The van der Waals surface area contributed by atoms with Gasteiger partial charge in [-0.2, -0.15) is 22.0 Å². The number of hydroxylamine groups is 1. The van der Waals surface area contributed by atoms with Gasteiger partial charge in [0.25, 0.3) is 0 Å². The van der Waals surface area contributed by atoms with Gasteiger partial charge in [0.05, 0.1) is 19.3 Å². The molecule has 2 aliphatic carbocycles. The van der Waals surface area contributed by atoms with Gasteiger partial charge in [0.1, 0.15) is 35.7 Å². The summed E-state index contributed by atoms with van der Waals surface area (Å²) in [5.41, 5.74) is -0.630. The second kappa shape index (κ2) is 24.7. The van der Waals surface area contributed by atoms with Gasteiger partial charge in [0, 0.05) is 6.42 Å². The van der Waals surface area contributed by atoms with Crippen molar-refractivity contribution >= 4 is 59.2 Å². The van der Waals surface area contributed by atoms with Crippen LogP contribution < -0.4 is 32.1 Å². The summed E-state index contributed by atoms with van der Waals surface area (Å²) >= 11 is 0. The van der Waals surface area contributed by atoms with Crippen LogP contribution >= 0.6 is 0 Å². The van der Waals surface area contributed by atoms with Gasteiger partial charge in [0.2, 0.25) is 35.3 Å². The average Bonchev–Trinajstić information content (AvgIpc) is 4.00. The normalized spacial score (nSPS) is 17.8. The number of nitrogens with one attached hydrogen (secondary N) is 6. The second-order valence-electron chi connectivity index (χ2n) is 17.0. The number of carboxylic acid groups (broad SMARTS) is 3. The third-order valence-corrected chi connectivity index (χ3v) is 11.1. The highest BCUT2D eigenvalue weighted by Crippen LogP contribution is 2.46. The van der Waals surface area contributed by atoms with Crippen LogP contribution in [-0.4, -0.2) is 122 Å². The summed E-state index contributed by atoms with van der Waals surface area (Å²) in [5, 5.41) is 39.1. The highest BCUT2D eigenvalue weighted by Gasteiger charge is 2.71. The zero-order chi connectivity index (χ0) is 49.4. The van der Waals surface area contributed by atoms with Crippen molar-refractivity contribution in [1.82, 2.24) is 32.1 Å². The fourth-order valence-electron chi connectivity index (χ4n) is 7.03. The van der Waals surface area contributed by atoms with E-state index in [-0.39, 0.29) is 31.1 Å². The number of rotatable bonds is 28. The number of amides is 5. The molecule has 0 saturated heterocycles. The summed E-state index contributed by atoms with van der Waals surface area (Å²) in [7, 11) is 0. The van der Waals surface area contributed by atoms with Crippen molar-refractivity contribution in [3.63, 3.8) is 0 Å². The summed E-state index contributed by atoms with van der Waals surface area (Å²) in [6, 6.07) is -8.14. The van der Waals surface area contributed by atoms with E-state index in [9.17, 15) is 80.1 Å². The van der Waals surface area contributed by atoms with Crippen molar-refractivity contribution in [3.8, 4) is 0 Å². The van der Waals surface area contributed by atoms with Crippen LogP contribution in [0.1, 0.15) is 124 Å². The molecule has 20 nitrogen and oxygen atoms in total. The van der Waals surface area contributed by atoms with E-state index in [2.05, 4.69) is 26.1 Å². The van der Waals surface area contributed by atoms with Gasteiger partial charge in [-0.05, 0) is 49.9 Å². The van der Waals surface area contributed by atoms with E-state index in [0.717, 1.165) is 19.3 Å². The number of carboxylic acids is 3. The van der Waals surface area contributed by atoms with E-state index in [0.29, 0.717) is 12.8 Å². The fraction of sp³-hybridized carbons (Fsp3) is 0.750. The topological polar surface area (TPSA) is 313 Å². The largest absolute Gasteiger partial charge is 0.481 e. The zero-order valence-electron chi connectivity index (χ0n) is 36.4. The molecule has 0 bridgehead atoms. The van der Waals surface area contributed by atoms with Crippen LogP contribution in [0.5, 0.6) is 0 Å². The Bertz CT molecular complexity index is 1760. The highest BCUT2D eigenvalue weighted by atomic mass is 19.4. The molecule has 0 aromatic heterocycles. The Morgan fingerprint density at radius 1 is 0.662 bits per heavy atom. The molecule has 0 spiro atoms. The van der Waals surface area contributed by atoms with Crippen molar-refractivity contribution in [2.24, 2.45) is 17.8 Å². The van der Waals surface area contributed by atoms with Gasteiger partial charge in [0.15, 0.2) is 0 Å². The molecule has 6 atom stereocenters. The van der Waals surface area contributed by atoms with Gasteiger partial charge in [-0.1, -0.05) is 66.2 Å². The molecule has 0 heterocycles. The number of halogens is 5. The molecule has 2 rings (SSSR count). The maximum atomic E-state index is 14.2. The maximum absolute atomic E-state index is 14.2. The molecular weight excluding hydrogens is 883 g/mol. The van der Waals surface area contributed by atoms with Crippen LogP contribution in [0.15, 0.2) is 0 Å². The van der Waals surface area contributed by atoms with Gasteiger partial charge in [-0.25, -0.2) is 0 Å². The number of Topliss-reactive ketones (excluding diaryl/α,β-unsaturated/α-hetero) is 1. The van der Waals surface area contributed by atoms with E-state index in [1.807, 2.05) is 10.8 Å². The van der Waals surface area contributed by atoms with Crippen molar-refractivity contribution in [2.75, 3.05) is 0 Å². The highest BCUT2D eigenvalue weighted by molar-refractivity contribution is 6.02. The van der Waals surface area contributed by atoms with Gasteiger partial charge in [-0.3, -0.25) is 47.9 Å². The Balaban J connectivity index is 2.37. The first-order chi connectivity index (χ1) is 30.1. The van der Waals surface area contributed by atoms with Gasteiger partial charge >= 0.3 is 36.0 Å². The van der Waals surface area contributed by atoms with E-state index >= 15 is 0 Å². The maximum Gasteiger partial charge on any atom is 0.461 e. The Labute approximate surface area is 370 Å². The smallest absolute Gasteiger partial charge is 0.461 e. The van der Waals surface area contributed by atoms with Gasteiger partial charge < -0.3 is 46.7 Å². The number of carbonyl (C=O) groups excluding carboxylic acids is 7. The minimum atomic E-state index is -6.23. The summed E-state index contributed by atoms with van der Waals surface area (Å²) < 4.78 is 67.7. The number of ketones is 1. The minimum absolute atomic E-state index is 0.0792. The van der Waals surface area contributed by atoms with Crippen LogP contribution in [0.3, 0.4) is 0 Å². The monoisotopic (exact) mass is 942 g/mol. The van der Waals surface area contributed by atoms with Crippen LogP contribution in [0.2, 0.25) is 0 Å². The minimum Gasteiger partial charge on any atom is -0.481 e. The number of hydrogen-bond donors (Lipinski definition) is 9. The lowest BCUT2D eigenvalue weighted by Gasteiger charge is -2.32. The fourth-order valence-corrected chi connectivity index (χ4v) is 7.03. The molecule has 5 amide bonds. The molecule has 2 saturated carbocycles. The molecule has 25 heteroatoms. The number of aliphatic carboxylic acids is 3. The van der Waals surface area contributed by atoms with Crippen molar-refractivity contribution in [2.45, 2.75) is 172 Å². The molecule has 1 unspecified atom stereocenters. The SMILES string of the molecule is CCC(C)[C@H](NC(=O)[C@H](CC(C)C)NC(=O)[C@@H](CCC(=O)O)NC(=O)[C@H](CC(=O)O)NOC(=O)CCC(=O)O)C(=O)N[C@@H](CC1CCCCC1)C(=O)NC1(C(=O)C(F)(F)C(F)(F)F)CC1. The molecule has 0 aromatic carbocycles. The van der Waals surface area contributed by atoms with Crippen LogP contribution in [0.4, 0.5) is 22.0 Å². The third-order valence-electron chi connectivity index (χ3n) is 11.1. The zero-order valence-corrected chi connectivity index (χ0v) is 36.4. The van der Waals surface area contributed by atoms with Crippen LogP contribution in [0, 0.1) is 17.8 Å². The molecule has 0 radical (unpaired) electrons. The van der Waals surface area contributed by atoms with Crippen molar-refractivity contribution in [3.05, 3.63) is 0 Å². The second-order valence-corrected chi connectivity index (χ2v) is 17.0. The molecule has 9 N–H and O–H groups in total. The third kappa shape index (κ3) is 17.8. The predicted molar refractivity (Wildman–Crippen MR) is 213 cm³/mol. The lowest BCUT2D eigenvalue weighted by Crippen LogP contribution is -2.62. The quantitative estimate of drug-likeness (QED) is 0.0401. The summed E-state index contributed by atoms with van der Waals surface area (Å²) in [6.07, 6.45) is -7.31. The Hall–Kier alpha value is -5.49. The average molecular weight is 943 g/mol. The van der Waals surface area contributed by atoms with E-state index in [1.54, 1.807) is 27.7 Å². The number of alkyl halides is 5. The molecule has 65 heavy (non-hydrogen) atoms. The Morgan fingerprint density at radius 2 is 1.20 bits per heavy atom. The first kappa shape index (κ1) is 55.6. The Kier molecular flexibility index (Phi) is 21.1. The number of carbonyl (C=O) groups is 10. The first-order valence-electron chi connectivity index (χ1n) is 21.3. The van der Waals surface area contributed by atoms with Crippen molar-refractivity contribution < 1.29 is 90.1 Å². The molecule has 2 fully saturated rings. The molecule has 368 valence electrons. The lowest BCUT2D eigenvalue weighted by atomic mass is 9.84. The van der Waals surface area contributed by atoms with Crippen molar-refractivity contribution in [1.29, 1.82) is 0 Å². The lowest BCUT2D eigenvalue weighted by molar-refractivity contribution is -0.270. The molecule has 0 aromatic rings. The van der Waals surface area contributed by atoms with Crippen LogP contribution in [0.25, 0.3) is 0 Å². The standard InChI is InChI=1S/C40H59F5N6O14/c1-5-21(4)31(36(63)48-25(18-22-9-7-6-8-10-22)35(62)50-38(15-16-38)37(64)39(41,42)40(43,44)45)49-33(60)24(17-20(2)3)47-32(59)23(11-12-27(52)53)46-34(61)26(19-29(56)57)51-65-30(58)14-13-28(54)55/h20-26,31,51H,5-19H2,1-4H3,(H,46,61)(H,47,59)(H,48,63)(H,49,60)(H,50,62)(H,52,53)(H,54,55)(H,56,57)/t21?,23-,24+,25+,26+,31+/m1/s1. The van der Waals surface area contributed by atoms with Gasteiger partial charge in [-0.15, -0.1) is 5.48 Å². The Morgan fingerprint density at radius 3 is 1.71 bits per heavy atom. The molecule has 0 aliphatic heterocycles.